The summed E-state index contributed by atoms with van der Waals surface area (Å²) in [7, 11) is 2.16. The molecule has 1 fully saturated rings. The van der Waals surface area contributed by atoms with Crippen molar-refractivity contribution >= 4 is 15.9 Å². The van der Waals surface area contributed by atoms with Gasteiger partial charge in [-0.3, -0.25) is 4.90 Å². The lowest BCUT2D eigenvalue weighted by Gasteiger charge is -2.33. The van der Waals surface area contributed by atoms with Crippen molar-refractivity contribution in [2.45, 2.75) is 44.7 Å². The number of nitrogens with zero attached hydrogens (tertiary/aromatic N) is 1. The van der Waals surface area contributed by atoms with Gasteiger partial charge < -0.3 is 10.4 Å². The van der Waals surface area contributed by atoms with Crippen LogP contribution in [0.4, 0.5) is 0 Å². The Morgan fingerprint density at radius 1 is 1.45 bits per heavy atom. The molecular weight excluding hydrogens is 316 g/mol. The second kappa shape index (κ2) is 7.43. The van der Waals surface area contributed by atoms with Crippen LogP contribution in [0.3, 0.4) is 0 Å². The van der Waals surface area contributed by atoms with Gasteiger partial charge in [0.1, 0.15) is 5.75 Å². The molecule has 2 rings (SSSR count). The predicted molar refractivity (Wildman–Crippen MR) is 87.1 cm³/mol. The largest absolute Gasteiger partial charge is 0.508 e. The van der Waals surface area contributed by atoms with Gasteiger partial charge in [-0.15, -0.1) is 0 Å². The third kappa shape index (κ3) is 3.96. The molecule has 0 bridgehead atoms. The summed E-state index contributed by atoms with van der Waals surface area (Å²) >= 11 is 3.50. The van der Waals surface area contributed by atoms with Crippen LogP contribution in [-0.2, 0) is 0 Å². The summed E-state index contributed by atoms with van der Waals surface area (Å²) < 4.78 is 1.02. The van der Waals surface area contributed by atoms with Crippen molar-refractivity contribution in [2.24, 2.45) is 0 Å². The number of hydrogen-bond acceptors (Lipinski definition) is 3. The monoisotopic (exact) mass is 340 g/mol. The van der Waals surface area contributed by atoms with Gasteiger partial charge in [0.2, 0.25) is 0 Å². The van der Waals surface area contributed by atoms with Crippen molar-refractivity contribution in [3.05, 3.63) is 28.2 Å². The fourth-order valence-electron chi connectivity index (χ4n) is 3.12. The van der Waals surface area contributed by atoms with E-state index < -0.39 is 0 Å². The zero-order valence-electron chi connectivity index (χ0n) is 12.4. The van der Waals surface area contributed by atoms with Gasteiger partial charge in [0.05, 0.1) is 0 Å². The summed E-state index contributed by atoms with van der Waals surface area (Å²) in [6, 6.07) is 6.53. The van der Waals surface area contributed by atoms with Crippen LogP contribution in [0.5, 0.6) is 5.75 Å². The first kappa shape index (κ1) is 15.8. The maximum atomic E-state index is 10.1. The van der Waals surface area contributed by atoms with Gasteiger partial charge in [-0.05, 0) is 51.1 Å². The molecule has 3 nitrogen and oxygen atoms in total. The summed E-state index contributed by atoms with van der Waals surface area (Å²) in [6.45, 7) is 4.34. The Balaban J connectivity index is 2.07. The molecule has 4 heteroatoms. The molecule has 0 radical (unpaired) electrons. The highest BCUT2D eigenvalue weighted by Crippen LogP contribution is 2.32. The molecule has 0 amide bonds. The third-order valence-electron chi connectivity index (χ3n) is 4.19. The molecule has 1 aliphatic rings. The smallest absolute Gasteiger partial charge is 0.120 e. The van der Waals surface area contributed by atoms with E-state index in [1.165, 1.54) is 19.3 Å². The molecule has 0 spiro atoms. The second-order valence-corrected chi connectivity index (χ2v) is 6.63. The molecule has 1 aromatic rings. The van der Waals surface area contributed by atoms with Gasteiger partial charge in [-0.2, -0.15) is 0 Å². The summed E-state index contributed by atoms with van der Waals surface area (Å²) in [5.74, 6) is 0.392. The van der Waals surface area contributed by atoms with Gasteiger partial charge in [0, 0.05) is 28.7 Å². The quantitative estimate of drug-likeness (QED) is 0.858. The Morgan fingerprint density at radius 2 is 2.25 bits per heavy atom. The molecule has 1 saturated heterocycles. The van der Waals surface area contributed by atoms with Gasteiger partial charge in [0.15, 0.2) is 0 Å². The van der Waals surface area contributed by atoms with E-state index in [4.69, 9.17) is 0 Å². The highest BCUT2D eigenvalue weighted by atomic mass is 79.9. The molecule has 2 unspecified atom stereocenters. The number of halogens is 1. The second-order valence-electron chi connectivity index (χ2n) is 5.71. The van der Waals surface area contributed by atoms with Crippen LogP contribution < -0.4 is 5.32 Å². The van der Waals surface area contributed by atoms with E-state index in [0.29, 0.717) is 11.8 Å². The van der Waals surface area contributed by atoms with E-state index in [2.05, 4.69) is 40.1 Å². The number of nitrogens with one attached hydrogen (secondary N) is 1. The third-order valence-corrected chi connectivity index (χ3v) is 4.68. The zero-order valence-corrected chi connectivity index (χ0v) is 14.0. The molecule has 0 aliphatic carbocycles. The van der Waals surface area contributed by atoms with Crippen LogP contribution in [-0.4, -0.2) is 36.2 Å². The first-order valence-electron chi connectivity index (χ1n) is 7.54. The maximum Gasteiger partial charge on any atom is 0.120 e. The first-order valence-corrected chi connectivity index (χ1v) is 8.33. The van der Waals surface area contributed by atoms with Crippen LogP contribution >= 0.6 is 15.9 Å². The van der Waals surface area contributed by atoms with Crippen LogP contribution in [0.2, 0.25) is 0 Å². The van der Waals surface area contributed by atoms with Crippen molar-refractivity contribution < 1.29 is 5.11 Å². The maximum absolute atomic E-state index is 10.1. The average molecular weight is 341 g/mol. The van der Waals surface area contributed by atoms with E-state index >= 15 is 0 Å². The van der Waals surface area contributed by atoms with Gasteiger partial charge in [-0.1, -0.05) is 29.3 Å². The van der Waals surface area contributed by atoms with Crippen molar-refractivity contribution in [3.8, 4) is 5.75 Å². The minimum Gasteiger partial charge on any atom is -0.508 e. The summed E-state index contributed by atoms with van der Waals surface area (Å²) in [5.41, 5.74) is 1.01. The highest BCUT2D eigenvalue weighted by Gasteiger charge is 2.22. The van der Waals surface area contributed by atoms with E-state index in [-0.39, 0.29) is 6.04 Å². The van der Waals surface area contributed by atoms with E-state index in [1.807, 2.05) is 12.1 Å². The Labute approximate surface area is 130 Å². The standard InChI is InChI=1S/C16H25BrN2O/c1-3-15(14-10-12(17)7-8-16(14)20)19(2)11-13-6-4-5-9-18-13/h7-8,10,13,15,18,20H,3-6,9,11H2,1-2H3. The number of likely N-dealkylation sites (N-methyl/N-ethyl adjacent to an activating group) is 1. The SMILES string of the molecule is CCC(c1cc(Br)ccc1O)N(C)CC1CCCCN1. The molecule has 1 aliphatic heterocycles. The lowest BCUT2D eigenvalue weighted by molar-refractivity contribution is 0.196. The topological polar surface area (TPSA) is 35.5 Å². The van der Waals surface area contributed by atoms with Gasteiger partial charge >= 0.3 is 0 Å². The average Bonchev–Trinajstić information content (AvgIpc) is 2.44. The van der Waals surface area contributed by atoms with Crippen LogP contribution in [0.25, 0.3) is 0 Å². The number of aromatic hydroxyl groups is 1. The number of phenols is 1. The predicted octanol–water partition coefficient (Wildman–Crippen LogP) is 3.68. The molecule has 2 atom stereocenters. The number of benzene rings is 1. The fourth-order valence-corrected chi connectivity index (χ4v) is 3.49. The summed E-state index contributed by atoms with van der Waals surface area (Å²) in [5, 5.41) is 13.7. The van der Waals surface area contributed by atoms with E-state index in [0.717, 1.165) is 29.5 Å². The summed E-state index contributed by atoms with van der Waals surface area (Å²) in [6.07, 6.45) is 4.87. The zero-order chi connectivity index (χ0) is 14.5. The van der Waals surface area contributed by atoms with Crippen molar-refractivity contribution in [1.82, 2.24) is 10.2 Å². The van der Waals surface area contributed by atoms with Crippen LogP contribution in [0.1, 0.15) is 44.2 Å². The molecule has 112 valence electrons. The van der Waals surface area contributed by atoms with Crippen molar-refractivity contribution in [3.63, 3.8) is 0 Å². The Hall–Kier alpha value is -0.580. The lowest BCUT2D eigenvalue weighted by Crippen LogP contribution is -2.43. The Morgan fingerprint density at radius 3 is 2.90 bits per heavy atom. The fraction of sp³-hybridized carbons (Fsp3) is 0.625. The summed E-state index contributed by atoms with van der Waals surface area (Å²) in [4.78, 5) is 2.37. The Bertz CT molecular complexity index is 432. The molecule has 20 heavy (non-hydrogen) atoms. The highest BCUT2D eigenvalue weighted by molar-refractivity contribution is 9.10. The van der Waals surface area contributed by atoms with Gasteiger partial charge in [-0.25, -0.2) is 0 Å². The van der Waals surface area contributed by atoms with E-state index in [9.17, 15) is 5.11 Å². The van der Waals surface area contributed by atoms with Crippen molar-refractivity contribution in [2.75, 3.05) is 20.1 Å². The van der Waals surface area contributed by atoms with Crippen molar-refractivity contribution in [1.29, 1.82) is 0 Å². The molecule has 0 saturated carbocycles. The number of hydrogen-bond donors (Lipinski definition) is 2. The van der Waals surface area contributed by atoms with E-state index in [1.54, 1.807) is 6.07 Å². The first-order chi connectivity index (χ1) is 9.61. The number of phenolic OH excluding ortho intramolecular Hbond substituents is 1. The normalized spacial score (nSPS) is 21.1. The minimum atomic E-state index is 0.260. The number of rotatable bonds is 5. The molecule has 1 aromatic carbocycles. The molecular formula is C16H25BrN2O. The van der Waals surface area contributed by atoms with Gasteiger partial charge in [0.25, 0.3) is 0 Å². The molecule has 1 heterocycles. The lowest BCUT2D eigenvalue weighted by atomic mass is 9.99. The van der Waals surface area contributed by atoms with Crippen LogP contribution in [0.15, 0.2) is 22.7 Å². The molecule has 0 aromatic heterocycles. The number of piperidine rings is 1. The Kier molecular flexibility index (Phi) is 5.87. The molecule has 2 N–H and O–H groups in total. The van der Waals surface area contributed by atoms with Crippen LogP contribution in [0, 0.1) is 0 Å². The minimum absolute atomic E-state index is 0.260.